The van der Waals surface area contributed by atoms with Crippen molar-refractivity contribution in [2.45, 2.75) is 24.2 Å². The van der Waals surface area contributed by atoms with E-state index < -0.39 is 10.0 Å². The van der Waals surface area contributed by atoms with E-state index in [-0.39, 0.29) is 5.88 Å². The van der Waals surface area contributed by atoms with E-state index in [1.54, 1.807) is 18.5 Å². The van der Waals surface area contributed by atoms with Crippen molar-refractivity contribution in [2.24, 2.45) is 0 Å². The number of sulfonamides is 1. The van der Waals surface area contributed by atoms with Crippen LogP contribution in [0.2, 0.25) is 0 Å². The van der Waals surface area contributed by atoms with Crippen LogP contribution in [-0.4, -0.2) is 19.8 Å². The van der Waals surface area contributed by atoms with Crippen LogP contribution >= 0.6 is 22.9 Å². The summed E-state index contributed by atoms with van der Waals surface area (Å²) in [5.74, 6) is 0.213. The van der Waals surface area contributed by atoms with Crippen LogP contribution in [0.5, 0.6) is 0 Å². The molecule has 2 rings (SSSR count). The second-order valence-corrected chi connectivity index (χ2v) is 7.87. The van der Waals surface area contributed by atoms with Crippen molar-refractivity contribution in [1.82, 2.24) is 4.31 Å². The predicted molar refractivity (Wildman–Crippen MR) is 83.7 cm³/mol. The van der Waals surface area contributed by atoms with E-state index in [0.717, 1.165) is 11.1 Å². The Morgan fingerprint density at radius 1 is 1.30 bits per heavy atom. The van der Waals surface area contributed by atoms with Gasteiger partial charge >= 0.3 is 0 Å². The van der Waals surface area contributed by atoms with Gasteiger partial charge in [0.2, 0.25) is 10.0 Å². The summed E-state index contributed by atoms with van der Waals surface area (Å²) in [7, 11) is -1.90. The Morgan fingerprint density at radius 3 is 2.70 bits per heavy atom. The number of hydrogen-bond donors (Lipinski definition) is 0. The SMILES string of the molecule is Cc1cccc(CN(C)S(=O)(=O)c2ccsc2CCl)c1. The quantitative estimate of drug-likeness (QED) is 0.786. The fourth-order valence-corrected chi connectivity index (χ4v) is 4.81. The van der Waals surface area contributed by atoms with Crippen molar-refractivity contribution in [3.8, 4) is 0 Å². The smallest absolute Gasteiger partial charge is 0.207 e. The zero-order valence-corrected chi connectivity index (χ0v) is 13.7. The maximum atomic E-state index is 12.5. The molecular formula is C14H16ClNO2S2. The van der Waals surface area contributed by atoms with Crippen LogP contribution < -0.4 is 0 Å². The average Bonchev–Trinajstić information content (AvgIpc) is 2.87. The van der Waals surface area contributed by atoms with Gasteiger partial charge in [-0.25, -0.2) is 8.42 Å². The minimum atomic E-state index is -3.49. The summed E-state index contributed by atoms with van der Waals surface area (Å²) in [6.07, 6.45) is 0. The van der Waals surface area contributed by atoms with E-state index in [4.69, 9.17) is 11.6 Å². The number of benzene rings is 1. The van der Waals surface area contributed by atoms with Gasteiger partial charge in [-0.05, 0) is 23.9 Å². The average molecular weight is 330 g/mol. The van der Waals surface area contributed by atoms with Crippen LogP contribution in [0.15, 0.2) is 40.6 Å². The minimum absolute atomic E-state index is 0.213. The Kier molecular flexibility index (Phi) is 4.86. The Hall–Kier alpha value is -0.880. The number of alkyl halides is 1. The molecule has 0 saturated heterocycles. The highest BCUT2D eigenvalue weighted by Gasteiger charge is 2.24. The van der Waals surface area contributed by atoms with Crippen LogP contribution in [0.1, 0.15) is 16.0 Å². The van der Waals surface area contributed by atoms with Gasteiger partial charge in [0.1, 0.15) is 0 Å². The molecule has 6 heteroatoms. The number of halogens is 1. The second-order valence-electron chi connectivity index (χ2n) is 4.59. The van der Waals surface area contributed by atoms with Crippen molar-refractivity contribution in [3.05, 3.63) is 51.7 Å². The van der Waals surface area contributed by atoms with E-state index in [9.17, 15) is 8.42 Å². The first-order valence-corrected chi connectivity index (χ1v) is 8.95. The lowest BCUT2D eigenvalue weighted by Crippen LogP contribution is -2.26. The van der Waals surface area contributed by atoms with Gasteiger partial charge in [0, 0.05) is 18.5 Å². The fraction of sp³-hybridized carbons (Fsp3) is 0.286. The summed E-state index contributed by atoms with van der Waals surface area (Å²) in [4.78, 5) is 0.996. The molecule has 0 aliphatic rings. The van der Waals surface area contributed by atoms with E-state index in [1.807, 2.05) is 31.2 Å². The topological polar surface area (TPSA) is 37.4 Å². The van der Waals surface area contributed by atoms with Crippen LogP contribution in [0.4, 0.5) is 0 Å². The second kappa shape index (κ2) is 6.26. The fourth-order valence-electron chi connectivity index (χ4n) is 1.98. The molecule has 0 amide bonds. The lowest BCUT2D eigenvalue weighted by atomic mass is 10.1. The third kappa shape index (κ3) is 3.23. The zero-order valence-electron chi connectivity index (χ0n) is 11.3. The minimum Gasteiger partial charge on any atom is -0.207 e. The Morgan fingerprint density at radius 2 is 2.05 bits per heavy atom. The molecule has 0 fully saturated rings. The standard InChI is InChI=1S/C14H16ClNO2S2/c1-11-4-3-5-12(8-11)10-16(2)20(17,18)14-6-7-19-13(14)9-15/h3-8H,9-10H2,1-2H3. The van der Waals surface area contributed by atoms with Crippen LogP contribution in [0.25, 0.3) is 0 Å². The Bertz CT molecular complexity index is 695. The molecular weight excluding hydrogens is 314 g/mol. The van der Waals surface area contributed by atoms with Gasteiger partial charge in [-0.2, -0.15) is 4.31 Å². The molecule has 0 aliphatic carbocycles. The summed E-state index contributed by atoms with van der Waals surface area (Å²) in [5, 5.41) is 1.76. The molecule has 0 unspecified atom stereocenters. The van der Waals surface area contributed by atoms with E-state index in [0.29, 0.717) is 16.3 Å². The van der Waals surface area contributed by atoms with Crippen LogP contribution in [-0.2, 0) is 22.4 Å². The van der Waals surface area contributed by atoms with E-state index in [2.05, 4.69) is 0 Å². The predicted octanol–water partition coefficient (Wildman–Crippen LogP) is 3.62. The largest absolute Gasteiger partial charge is 0.244 e. The number of rotatable bonds is 5. The molecule has 1 heterocycles. The van der Waals surface area contributed by atoms with Crippen LogP contribution in [0.3, 0.4) is 0 Å². The zero-order chi connectivity index (χ0) is 14.8. The van der Waals surface area contributed by atoms with Crippen molar-refractivity contribution >= 4 is 33.0 Å². The maximum Gasteiger partial charge on any atom is 0.244 e. The first kappa shape index (κ1) is 15.5. The normalized spacial score (nSPS) is 12.0. The number of thiophene rings is 1. The Balaban J connectivity index is 2.26. The molecule has 0 bridgehead atoms. The highest BCUT2D eigenvalue weighted by Crippen LogP contribution is 2.26. The van der Waals surface area contributed by atoms with Gasteiger partial charge in [0.15, 0.2) is 0 Å². The number of aryl methyl sites for hydroxylation is 1. The molecule has 0 aliphatic heterocycles. The number of nitrogens with zero attached hydrogens (tertiary/aromatic N) is 1. The van der Waals surface area contributed by atoms with Gasteiger partial charge in [-0.15, -0.1) is 22.9 Å². The molecule has 0 radical (unpaired) electrons. The first-order chi connectivity index (χ1) is 9.45. The third-order valence-electron chi connectivity index (χ3n) is 3.00. The molecule has 2 aromatic rings. The Labute approximate surface area is 128 Å². The maximum absolute atomic E-state index is 12.5. The van der Waals surface area contributed by atoms with Gasteiger partial charge in [0.05, 0.1) is 10.8 Å². The van der Waals surface area contributed by atoms with E-state index >= 15 is 0 Å². The van der Waals surface area contributed by atoms with Gasteiger partial charge in [-0.1, -0.05) is 29.8 Å². The summed E-state index contributed by atoms with van der Waals surface area (Å²) in [6.45, 7) is 2.34. The molecule has 0 atom stereocenters. The monoisotopic (exact) mass is 329 g/mol. The van der Waals surface area contributed by atoms with Crippen molar-refractivity contribution < 1.29 is 8.42 Å². The third-order valence-corrected chi connectivity index (χ3v) is 6.37. The van der Waals surface area contributed by atoms with Crippen molar-refractivity contribution in [2.75, 3.05) is 7.05 Å². The molecule has 20 heavy (non-hydrogen) atoms. The van der Waals surface area contributed by atoms with Gasteiger partial charge in [-0.3, -0.25) is 0 Å². The highest BCUT2D eigenvalue weighted by molar-refractivity contribution is 7.89. The lowest BCUT2D eigenvalue weighted by molar-refractivity contribution is 0.466. The molecule has 1 aromatic carbocycles. The molecule has 108 valence electrons. The van der Waals surface area contributed by atoms with E-state index in [1.165, 1.54) is 15.6 Å². The lowest BCUT2D eigenvalue weighted by Gasteiger charge is -2.17. The summed E-state index contributed by atoms with van der Waals surface area (Å²) < 4.78 is 26.4. The molecule has 0 spiro atoms. The van der Waals surface area contributed by atoms with Crippen molar-refractivity contribution in [1.29, 1.82) is 0 Å². The van der Waals surface area contributed by atoms with Crippen molar-refractivity contribution in [3.63, 3.8) is 0 Å². The molecule has 1 aromatic heterocycles. The summed E-state index contributed by atoms with van der Waals surface area (Å²) in [6, 6.07) is 9.45. The summed E-state index contributed by atoms with van der Waals surface area (Å²) >= 11 is 7.16. The molecule has 0 N–H and O–H groups in total. The van der Waals surface area contributed by atoms with Crippen LogP contribution in [0, 0.1) is 6.92 Å². The summed E-state index contributed by atoms with van der Waals surface area (Å²) in [5.41, 5.74) is 2.09. The van der Waals surface area contributed by atoms with Gasteiger partial charge in [0.25, 0.3) is 0 Å². The number of hydrogen-bond acceptors (Lipinski definition) is 3. The molecule has 3 nitrogen and oxygen atoms in total. The van der Waals surface area contributed by atoms with Gasteiger partial charge < -0.3 is 0 Å². The first-order valence-electron chi connectivity index (χ1n) is 6.09. The molecule has 0 saturated carbocycles. The highest BCUT2D eigenvalue weighted by atomic mass is 35.5.